The Morgan fingerprint density at radius 3 is 1.38 bits per heavy atom. The van der Waals surface area contributed by atoms with Crippen molar-refractivity contribution in [2.45, 2.75) is 5.92 Å². The molecule has 0 atom stereocenters. The molecule has 5 heteroatoms. The highest BCUT2D eigenvalue weighted by molar-refractivity contribution is 5.85. The van der Waals surface area contributed by atoms with Gasteiger partial charge < -0.3 is 11.5 Å². The van der Waals surface area contributed by atoms with E-state index in [9.17, 15) is 8.78 Å². The molecule has 0 heterocycles. The van der Waals surface area contributed by atoms with Crippen molar-refractivity contribution >= 4 is 12.4 Å². The van der Waals surface area contributed by atoms with Crippen LogP contribution in [0, 0.1) is 0 Å². The smallest absolute Gasteiger partial charge is 0.272 e. The molecule has 2 nitrogen and oxygen atoms in total. The zero-order valence-corrected chi connectivity index (χ0v) is 5.05. The van der Waals surface area contributed by atoms with E-state index in [1.165, 1.54) is 0 Å². The van der Waals surface area contributed by atoms with Crippen LogP contribution in [0.25, 0.3) is 0 Å². The van der Waals surface area contributed by atoms with E-state index in [1.807, 2.05) is 0 Å². The Labute approximate surface area is 52.6 Å². The van der Waals surface area contributed by atoms with Crippen LogP contribution in [-0.4, -0.2) is 19.0 Å². The van der Waals surface area contributed by atoms with E-state index in [-0.39, 0.29) is 12.4 Å². The number of hydrogen-bond donors (Lipinski definition) is 2. The minimum absolute atomic E-state index is 0. The van der Waals surface area contributed by atoms with E-state index < -0.39 is 19.0 Å². The summed E-state index contributed by atoms with van der Waals surface area (Å²) in [5.41, 5.74) is 9.17. The molecule has 0 saturated heterocycles. The molecule has 0 spiro atoms. The van der Waals surface area contributed by atoms with Gasteiger partial charge in [0.1, 0.15) is 0 Å². The van der Waals surface area contributed by atoms with Gasteiger partial charge in [0, 0.05) is 0 Å². The standard InChI is InChI=1S/C3H8F2N2.ClH/c4-3(5,1-6)2-7;/h1-2,6-7H2;1H. The van der Waals surface area contributed by atoms with Crippen molar-refractivity contribution in [3.8, 4) is 0 Å². The quantitative estimate of drug-likeness (QED) is 0.575. The Balaban J connectivity index is 0. The van der Waals surface area contributed by atoms with Gasteiger partial charge >= 0.3 is 0 Å². The Morgan fingerprint density at radius 1 is 1.12 bits per heavy atom. The second-order valence-electron chi connectivity index (χ2n) is 1.26. The van der Waals surface area contributed by atoms with Gasteiger partial charge in [0.15, 0.2) is 0 Å². The van der Waals surface area contributed by atoms with E-state index in [2.05, 4.69) is 11.5 Å². The van der Waals surface area contributed by atoms with E-state index in [0.29, 0.717) is 0 Å². The van der Waals surface area contributed by atoms with Gasteiger partial charge in [-0.3, -0.25) is 0 Å². The van der Waals surface area contributed by atoms with Crippen molar-refractivity contribution in [2.75, 3.05) is 13.1 Å². The zero-order chi connectivity index (χ0) is 5.91. The van der Waals surface area contributed by atoms with Crippen molar-refractivity contribution in [1.82, 2.24) is 0 Å². The lowest BCUT2D eigenvalue weighted by Gasteiger charge is -2.07. The molecule has 0 saturated carbocycles. The first-order valence-electron chi connectivity index (χ1n) is 1.90. The number of halogens is 3. The monoisotopic (exact) mass is 146 g/mol. The van der Waals surface area contributed by atoms with Gasteiger partial charge in [0.25, 0.3) is 5.92 Å². The second kappa shape index (κ2) is 4.00. The van der Waals surface area contributed by atoms with Crippen LogP contribution in [0.5, 0.6) is 0 Å². The average Bonchev–Trinajstić information content (AvgIpc) is 1.68. The van der Waals surface area contributed by atoms with Crippen LogP contribution in [0.4, 0.5) is 8.78 Å². The normalized spacial score (nSPS) is 10.5. The fourth-order valence-electron chi connectivity index (χ4n) is 0.0833. The highest BCUT2D eigenvalue weighted by Crippen LogP contribution is 2.06. The van der Waals surface area contributed by atoms with Crippen LogP contribution in [0.2, 0.25) is 0 Å². The summed E-state index contributed by atoms with van der Waals surface area (Å²) in [6.45, 7) is -1.33. The fourth-order valence-corrected chi connectivity index (χ4v) is 0.0833. The SMILES string of the molecule is Cl.NCC(F)(F)CN. The molecule has 8 heavy (non-hydrogen) atoms. The van der Waals surface area contributed by atoms with Crippen LogP contribution < -0.4 is 11.5 Å². The fraction of sp³-hybridized carbons (Fsp3) is 1.00. The van der Waals surface area contributed by atoms with Gasteiger partial charge in [-0.15, -0.1) is 12.4 Å². The summed E-state index contributed by atoms with van der Waals surface area (Å²) in [4.78, 5) is 0. The van der Waals surface area contributed by atoms with E-state index in [4.69, 9.17) is 0 Å². The minimum Gasteiger partial charge on any atom is -0.325 e. The Morgan fingerprint density at radius 2 is 1.38 bits per heavy atom. The molecule has 0 amide bonds. The van der Waals surface area contributed by atoms with Crippen molar-refractivity contribution in [3.05, 3.63) is 0 Å². The van der Waals surface area contributed by atoms with E-state index in [1.54, 1.807) is 0 Å². The van der Waals surface area contributed by atoms with Gasteiger partial charge in [0.05, 0.1) is 13.1 Å². The maximum absolute atomic E-state index is 11.6. The van der Waals surface area contributed by atoms with Crippen LogP contribution in [0.1, 0.15) is 0 Å². The highest BCUT2D eigenvalue weighted by Gasteiger charge is 2.23. The molecule has 52 valence electrons. The highest BCUT2D eigenvalue weighted by atomic mass is 35.5. The molecule has 0 aliphatic carbocycles. The van der Waals surface area contributed by atoms with Gasteiger partial charge in [-0.1, -0.05) is 0 Å². The molecule has 0 unspecified atom stereocenters. The summed E-state index contributed by atoms with van der Waals surface area (Å²) >= 11 is 0. The van der Waals surface area contributed by atoms with E-state index in [0.717, 1.165) is 0 Å². The van der Waals surface area contributed by atoms with Crippen molar-refractivity contribution in [2.24, 2.45) is 11.5 Å². The first-order valence-corrected chi connectivity index (χ1v) is 1.90. The lowest BCUT2D eigenvalue weighted by Crippen LogP contribution is -2.35. The summed E-state index contributed by atoms with van der Waals surface area (Å²) in [6, 6.07) is 0. The van der Waals surface area contributed by atoms with Gasteiger partial charge in [0.2, 0.25) is 0 Å². The summed E-state index contributed by atoms with van der Waals surface area (Å²) in [5.74, 6) is -2.86. The second-order valence-corrected chi connectivity index (χ2v) is 1.26. The molecular formula is C3H9ClF2N2. The topological polar surface area (TPSA) is 52.0 Å². The average molecular weight is 147 g/mol. The Kier molecular flexibility index (Phi) is 5.47. The molecule has 0 aromatic carbocycles. The van der Waals surface area contributed by atoms with Crippen LogP contribution in [-0.2, 0) is 0 Å². The third-order valence-electron chi connectivity index (χ3n) is 0.597. The third-order valence-corrected chi connectivity index (χ3v) is 0.597. The maximum atomic E-state index is 11.6. The summed E-state index contributed by atoms with van der Waals surface area (Å²) in [5, 5.41) is 0. The Hall–Kier alpha value is 0.0700. The molecular weight excluding hydrogens is 137 g/mol. The summed E-state index contributed by atoms with van der Waals surface area (Å²) < 4.78 is 23.3. The maximum Gasteiger partial charge on any atom is 0.272 e. The molecule has 0 rings (SSSR count). The third kappa shape index (κ3) is 4.23. The van der Waals surface area contributed by atoms with Gasteiger partial charge in [-0.25, -0.2) is 8.78 Å². The molecule has 0 aromatic heterocycles. The Bertz CT molecular complexity index is 53.2. The molecule has 0 aliphatic rings. The van der Waals surface area contributed by atoms with Crippen LogP contribution in [0.15, 0.2) is 0 Å². The number of alkyl halides is 2. The van der Waals surface area contributed by atoms with Crippen molar-refractivity contribution in [3.63, 3.8) is 0 Å². The van der Waals surface area contributed by atoms with Crippen LogP contribution >= 0.6 is 12.4 Å². The first-order chi connectivity index (χ1) is 3.12. The number of nitrogens with two attached hydrogens (primary N) is 2. The predicted octanol–water partition coefficient (Wildman–Crippen LogP) is -0.0391. The molecule has 0 radical (unpaired) electrons. The van der Waals surface area contributed by atoms with Gasteiger partial charge in [-0.2, -0.15) is 0 Å². The molecule has 0 aliphatic heterocycles. The number of rotatable bonds is 2. The summed E-state index contributed by atoms with van der Waals surface area (Å²) in [6.07, 6.45) is 0. The van der Waals surface area contributed by atoms with Crippen molar-refractivity contribution in [1.29, 1.82) is 0 Å². The number of hydrogen-bond acceptors (Lipinski definition) is 2. The molecule has 0 aromatic rings. The zero-order valence-electron chi connectivity index (χ0n) is 4.23. The minimum atomic E-state index is -2.86. The lowest BCUT2D eigenvalue weighted by molar-refractivity contribution is 0.0208. The summed E-state index contributed by atoms with van der Waals surface area (Å²) in [7, 11) is 0. The first kappa shape index (κ1) is 10.9. The van der Waals surface area contributed by atoms with Gasteiger partial charge in [-0.05, 0) is 0 Å². The predicted molar refractivity (Wildman–Crippen MR) is 30.3 cm³/mol. The molecule has 0 bridgehead atoms. The lowest BCUT2D eigenvalue weighted by atomic mass is 10.3. The van der Waals surface area contributed by atoms with E-state index >= 15 is 0 Å². The van der Waals surface area contributed by atoms with Crippen molar-refractivity contribution < 1.29 is 8.78 Å². The largest absolute Gasteiger partial charge is 0.325 e. The van der Waals surface area contributed by atoms with Crippen LogP contribution in [0.3, 0.4) is 0 Å². The molecule has 0 fully saturated rings. The molecule has 4 N–H and O–H groups in total.